The molecule has 2 aromatic rings. The second-order valence-electron chi connectivity index (χ2n) is 8.06. The van der Waals surface area contributed by atoms with E-state index in [1.165, 1.54) is 6.92 Å². The summed E-state index contributed by atoms with van der Waals surface area (Å²) in [7, 11) is -1.54. The predicted octanol–water partition coefficient (Wildman–Crippen LogP) is 5.01. The molecule has 3 atom stereocenters. The molecule has 0 aliphatic rings. The highest BCUT2D eigenvalue weighted by molar-refractivity contribution is 7.84. The van der Waals surface area contributed by atoms with Gasteiger partial charge in [-0.05, 0) is 52.7 Å². The molecule has 1 N–H and O–H groups in total. The third-order valence-electron chi connectivity index (χ3n) is 4.57. The molecule has 0 bridgehead atoms. The lowest BCUT2D eigenvalue weighted by molar-refractivity contribution is 0.0644. The topological polar surface area (TPSA) is 46.2 Å². The summed E-state index contributed by atoms with van der Waals surface area (Å²) in [5.41, 5.74) is 0.391. The van der Waals surface area contributed by atoms with Crippen molar-refractivity contribution in [2.24, 2.45) is 0 Å². The van der Waals surface area contributed by atoms with Crippen molar-refractivity contribution in [2.45, 2.75) is 58.0 Å². The van der Waals surface area contributed by atoms with Crippen LogP contribution < -0.4 is 4.72 Å². The lowest BCUT2D eigenvalue weighted by Crippen LogP contribution is -2.48. The highest BCUT2D eigenvalue weighted by Crippen LogP contribution is 2.35. The first-order valence-corrected chi connectivity index (χ1v) is 10.1. The molecule has 27 heavy (non-hydrogen) atoms. The third-order valence-corrected chi connectivity index (χ3v) is 6.13. The number of ketones is 1. The Bertz CT molecular complexity index is 838. The number of carbonyl (C=O) groups is 1. The van der Waals surface area contributed by atoms with Crippen LogP contribution in [0.2, 0.25) is 0 Å². The fraction of sp³-hybridized carbons (Fsp3) is 0.409. The normalized spacial score (nSPS) is 16.4. The third kappa shape index (κ3) is 4.90. The van der Waals surface area contributed by atoms with E-state index in [2.05, 4.69) is 4.72 Å². The van der Waals surface area contributed by atoms with Gasteiger partial charge in [-0.15, -0.1) is 0 Å². The molecule has 0 saturated heterocycles. The van der Waals surface area contributed by atoms with E-state index in [4.69, 9.17) is 0 Å². The van der Waals surface area contributed by atoms with Crippen molar-refractivity contribution in [1.82, 2.24) is 4.72 Å². The lowest BCUT2D eigenvalue weighted by atomic mass is 9.84. The van der Waals surface area contributed by atoms with Gasteiger partial charge in [-0.2, -0.15) is 0 Å². The number of rotatable bonds is 6. The van der Waals surface area contributed by atoms with Crippen molar-refractivity contribution < 1.29 is 13.4 Å². The number of carbonyl (C=O) groups excluding carboxylic acids is 1. The molecular weight excluding hydrogens is 361 g/mol. The van der Waals surface area contributed by atoms with Gasteiger partial charge in [0.15, 0.2) is 5.67 Å². The largest absolute Gasteiger partial charge is 0.290 e. The summed E-state index contributed by atoms with van der Waals surface area (Å²) in [5, 5.41) is 0. The quantitative estimate of drug-likeness (QED) is 0.706. The summed E-state index contributed by atoms with van der Waals surface area (Å²) in [4.78, 5) is 13.1. The van der Waals surface area contributed by atoms with Crippen molar-refractivity contribution in [3.05, 3.63) is 70.8 Å². The highest BCUT2D eigenvalue weighted by atomic mass is 32.2. The molecule has 0 heterocycles. The standard InChI is InChI=1S/C22H28FNO2S/c1-15-11-13-17(14-12-15)19(24-27(26)21(3,4)5)22(6,23)20(25)18-10-8-7-9-16(18)2/h7-14,19,24H,1-6H3/t19-,22+,27?/m1/s1. The fourth-order valence-electron chi connectivity index (χ4n) is 2.76. The van der Waals surface area contributed by atoms with Crippen LogP contribution in [0.5, 0.6) is 0 Å². The Morgan fingerprint density at radius 3 is 2.07 bits per heavy atom. The molecule has 0 spiro atoms. The number of hydrogen-bond donors (Lipinski definition) is 1. The average Bonchev–Trinajstić information content (AvgIpc) is 2.59. The molecule has 0 saturated carbocycles. The first kappa shape index (κ1) is 21.5. The van der Waals surface area contributed by atoms with E-state index in [0.717, 1.165) is 5.56 Å². The van der Waals surface area contributed by atoms with Crippen LogP contribution in [-0.2, 0) is 11.0 Å². The van der Waals surface area contributed by atoms with Crippen LogP contribution in [0.4, 0.5) is 4.39 Å². The number of Topliss-reactive ketones (excluding diaryl/α,β-unsaturated/α-hetero) is 1. The van der Waals surface area contributed by atoms with Crippen molar-refractivity contribution >= 4 is 16.8 Å². The van der Waals surface area contributed by atoms with Crippen LogP contribution in [0, 0.1) is 13.8 Å². The maximum atomic E-state index is 16.0. The van der Waals surface area contributed by atoms with Gasteiger partial charge in [0.05, 0.1) is 21.8 Å². The summed E-state index contributed by atoms with van der Waals surface area (Å²) in [5.74, 6) is -0.621. The first-order chi connectivity index (χ1) is 12.4. The summed E-state index contributed by atoms with van der Waals surface area (Å²) < 4.78 is 31.0. The zero-order valence-corrected chi connectivity index (χ0v) is 17.6. The molecule has 3 nitrogen and oxygen atoms in total. The van der Waals surface area contributed by atoms with Crippen LogP contribution in [0.25, 0.3) is 0 Å². The highest BCUT2D eigenvalue weighted by Gasteiger charge is 2.45. The van der Waals surface area contributed by atoms with Gasteiger partial charge in [0.2, 0.25) is 5.78 Å². The van der Waals surface area contributed by atoms with Crippen LogP contribution in [0.15, 0.2) is 48.5 Å². The Balaban J connectivity index is 2.50. The maximum Gasteiger partial charge on any atom is 0.201 e. The summed E-state index contributed by atoms with van der Waals surface area (Å²) in [6, 6.07) is 13.2. The number of aryl methyl sites for hydroxylation is 2. The van der Waals surface area contributed by atoms with Crippen molar-refractivity contribution in [3.63, 3.8) is 0 Å². The Kier molecular flexibility index (Phi) is 6.38. The Morgan fingerprint density at radius 2 is 1.56 bits per heavy atom. The van der Waals surface area contributed by atoms with E-state index in [-0.39, 0.29) is 0 Å². The number of halogens is 1. The van der Waals surface area contributed by atoms with Gasteiger partial charge in [-0.25, -0.2) is 13.3 Å². The molecular formula is C22H28FNO2S. The Hall–Kier alpha value is -1.85. The Morgan fingerprint density at radius 1 is 1.00 bits per heavy atom. The summed E-state index contributed by atoms with van der Waals surface area (Å²) in [6.07, 6.45) is 0. The molecule has 2 aromatic carbocycles. The van der Waals surface area contributed by atoms with Crippen LogP contribution in [-0.4, -0.2) is 20.4 Å². The number of alkyl halides is 1. The number of nitrogens with one attached hydrogen (secondary N) is 1. The number of benzene rings is 2. The van der Waals surface area contributed by atoms with Crippen LogP contribution >= 0.6 is 0 Å². The zero-order valence-electron chi connectivity index (χ0n) is 16.8. The van der Waals surface area contributed by atoms with Crippen LogP contribution in [0.3, 0.4) is 0 Å². The molecule has 1 unspecified atom stereocenters. The molecule has 0 radical (unpaired) electrons. The molecule has 0 aliphatic carbocycles. The Labute approximate surface area is 164 Å². The summed E-state index contributed by atoms with van der Waals surface area (Å²) >= 11 is 0. The minimum Gasteiger partial charge on any atom is -0.290 e. The minimum atomic E-state index is -2.28. The lowest BCUT2D eigenvalue weighted by Gasteiger charge is -2.33. The van der Waals surface area contributed by atoms with E-state index in [9.17, 15) is 9.00 Å². The molecule has 0 fully saturated rings. The van der Waals surface area contributed by atoms with Gasteiger partial charge < -0.3 is 0 Å². The monoisotopic (exact) mass is 389 g/mol. The van der Waals surface area contributed by atoms with Gasteiger partial charge in [0.25, 0.3) is 0 Å². The number of hydrogen-bond acceptors (Lipinski definition) is 2. The van der Waals surface area contributed by atoms with Crippen molar-refractivity contribution in [2.75, 3.05) is 0 Å². The molecule has 0 aromatic heterocycles. The predicted molar refractivity (Wildman–Crippen MR) is 110 cm³/mol. The van der Waals surface area contributed by atoms with Gasteiger partial charge >= 0.3 is 0 Å². The first-order valence-electron chi connectivity index (χ1n) is 8.98. The van der Waals surface area contributed by atoms with Crippen molar-refractivity contribution in [3.8, 4) is 0 Å². The molecule has 0 amide bonds. The molecule has 146 valence electrons. The van der Waals surface area contributed by atoms with E-state index in [1.807, 2.05) is 25.1 Å². The molecule has 5 heteroatoms. The smallest absolute Gasteiger partial charge is 0.201 e. The fourth-order valence-corrected chi connectivity index (χ4v) is 3.68. The minimum absolute atomic E-state index is 0.336. The van der Waals surface area contributed by atoms with E-state index < -0.39 is 33.2 Å². The second kappa shape index (κ2) is 8.03. The van der Waals surface area contributed by atoms with E-state index in [1.54, 1.807) is 58.0 Å². The molecule has 2 rings (SSSR count). The van der Waals surface area contributed by atoms with Gasteiger partial charge in [-0.1, -0.05) is 54.1 Å². The summed E-state index contributed by atoms with van der Waals surface area (Å²) in [6.45, 7) is 10.4. The van der Waals surface area contributed by atoms with Crippen molar-refractivity contribution in [1.29, 1.82) is 0 Å². The molecule has 0 aliphatic heterocycles. The van der Waals surface area contributed by atoms with Gasteiger partial charge in [-0.3, -0.25) is 4.79 Å². The van der Waals surface area contributed by atoms with Gasteiger partial charge in [0.1, 0.15) is 0 Å². The zero-order chi connectivity index (χ0) is 20.4. The maximum absolute atomic E-state index is 16.0. The average molecular weight is 390 g/mol. The van der Waals surface area contributed by atoms with Crippen LogP contribution in [0.1, 0.15) is 60.8 Å². The SMILES string of the molecule is Cc1ccc([C@@H](NS(=O)C(C)(C)C)[C@](C)(F)C(=O)c2ccccc2C)cc1. The second-order valence-corrected chi connectivity index (χ2v) is 10.1. The van der Waals surface area contributed by atoms with E-state index in [0.29, 0.717) is 16.7 Å². The van der Waals surface area contributed by atoms with E-state index >= 15 is 4.39 Å². The van der Waals surface area contributed by atoms with Gasteiger partial charge in [0, 0.05) is 5.56 Å².